The van der Waals surface area contributed by atoms with Gasteiger partial charge in [0.1, 0.15) is 11.6 Å². The van der Waals surface area contributed by atoms with Crippen molar-refractivity contribution in [1.82, 2.24) is 0 Å². The van der Waals surface area contributed by atoms with E-state index in [0.29, 0.717) is 6.42 Å². The summed E-state index contributed by atoms with van der Waals surface area (Å²) >= 11 is 0. The number of aliphatic hydroxyl groups is 1. The zero-order valence-corrected chi connectivity index (χ0v) is 9.81. The molecule has 1 nitrogen and oxygen atoms in total. The summed E-state index contributed by atoms with van der Waals surface area (Å²) in [6, 6.07) is 13.1. The van der Waals surface area contributed by atoms with Crippen molar-refractivity contribution in [2.75, 3.05) is 0 Å². The average molecular weight is 248 g/mol. The van der Waals surface area contributed by atoms with E-state index in [2.05, 4.69) is 0 Å². The van der Waals surface area contributed by atoms with Gasteiger partial charge in [0.15, 0.2) is 0 Å². The second-order valence-corrected chi connectivity index (χ2v) is 4.25. The molecule has 0 aliphatic rings. The molecule has 0 heterocycles. The van der Waals surface area contributed by atoms with Crippen molar-refractivity contribution in [1.29, 1.82) is 0 Å². The van der Waals surface area contributed by atoms with Gasteiger partial charge in [-0.1, -0.05) is 36.4 Å². The Kier molecular flexibility index (Phi) is 4.05. The lowest BCUT2D eigenvalue weighted by Gasteiger charge is -2.12. The predicted molar refractivity (Wildman–Crippen MR) is 66.2 cm³/mol. The Morgan fingerprint density at radius 2 is 1.44 bits per heavy atom. The molecule has 2 aromatic carbocycles. The third-order valence-electron chi connectivity index (χ3n) is 2.82. The van der Waals surface area contributed by atoms with Crippen LogP contribution in [0.3, 0.4) is 0 Å². The minimum atomic E-state index is -0.793. The van der Waals surface area contributed by atoms with E-state index in [4.69, 9.17) is 0 Å². The molecule has 1 atom stereocenters. The number of halogens is 2. The fourth-order valence-corrected chi connectivity index (χ4v) is 1.92. The second-order valence-electron chi connectivity index (χ2n) is 4.25. The number of benzene rings is 2. The lowest BCUT2D eigenvalue weighted by atomic mass is 10.0. The average Bonchev–Trinajstić information content (AvgIpc) is 2.35. The highest BCUT2D eigenvalue weighted by atomic mass is 19.1. The Balaban J connectivity index is 2.06. The second kappa shape index (κ2) is 5.74. The lowest BCUT2D eigenvalue weighted by molar-refractivity contribution is 0.172. The fraction of sp³-hybridized carbons (Fsp3) is 0.200. The maximum absolute atomic E-state index is 13.4. The summed E-state index contributed by atoms with van der Waals surface area (Å²) in [6.07, 6.45) is -0.430. The van der Waals surface area contributed by atoms with Crippen LogP contribution >= 0.6 is 0 Å². The van der Waals surface area contributed by atoms with Gasteiger partial charge < -0.3 is 5.11 Å². The van der Waals surface area contributed by atoms with Crippen LogP contribution in [0, 0.1) is 11.6 Å². The molecule has 0 aliphatic heterocycles. The van der Waals surface area contributed by atoms with E-state index < -0.39 is 17.7 Å². The summed E-state index contributed by atoms with van der Waals surface area (Å²) in [4.78, 5) is 0. The SMILES string of the molecule is OC(Cc1ccccc1)Cc1c(F)cccc1F. The Morgan fingerprint density at radius 3 is 2.06 bits per heavy atom. The van der Waals surface area contributed by atoms with E-state index in [1.54, 1.807) is 0 Å². The molecule has 0 amide bonds. The van der Waals surface area contributed by atoms with E-state index in [9.17, 15) is 13.9 Å². The molecule has 0 aliphatic carbocycles. The summed E-state index contributed by atoms with van der Waals surface area (Å²) in [7, 11) is 0. The first-order valence-electron chi connectivity index (χ1n) is 5.81. The van der Waals surface area contributed by atoms with Crippen molar-refractivity contribution < 1.29 is 13.9 Å². The van der Waals surface area contributed by atoms with Gasteiger partial charge in [-0.15, -0.1) is 0 Å². The molecule has 0 spiro atoms. The first-order valence-corrected chi connectivity index (χ1v) is 5.81. The summed E-state index contributed by atoms with van der Waals surface area (Å²) < 4.78 is 26.8. The van der Waals surface area contributed by atoms with E-state index in [1.807, 2.05) is 30.3 Å². The van der Waals surface area contributed by atoms with Gasteiger partial charge in [-0.2, -0.15) is 0 Å². The molecular formula is C15H14F2O. The molecule has 2 aromatic rings. The summed E-state index contributed by atoms with van der Waals surface area (Å²) in [5, 5.41) is 9.87. The molecule has 0 bridgehead atoms. The number of rotatable bonds is 4. The van der Waals surface area contributed by atoms with Crippen LogP contribution in [0.1, 0.15) is 11.1 Å². The molecule has 0 saturated carbocycles. The molecule has 3 heteroatoms. The molecule has 1 N–H and O–H groups in total. The minimum absolute atomic E-state index is 0.0204. The van der Waals surface area contributed by atoms with Crippen molar-refractivity contribution in [2.24, 2.45) is 0 Å². The molecule has 0 fully saturated rings. The molecule has 18 heavy (non-hydrogen) atoms. The molecule has 0 aromatic heterocycles. The standard InChI is InChI=1S/C15H14F2O/c16-14-7-4-8-15(17)13(14)10-12(18)9-11-5-2-1-3-6-11/h1-8,12,18H,9-10H2. The van der Waals surface area contributed by atoms with Gasteiger partial charge in [0.25, 0.3) is 0 Å². The summed E-state index contributed by atoms with van der Waals surface area (Å²) in [6.45, 7) is 0. The third kappa shape index (κ3) is 3.14. The van der Waals surface area contributed by atoms with Crippen LogP contribution in [0.2, 0.25) is 0 Å². The van der Waals surface area contributed by atoms with Gasteiger partial charge in [0.05, 0.1) is 6.10 Å². The monoisotopic (exact) mass is 248 g/mol. The maximum Gasteiger partial charge on any atom is 0.129 e. The van der Waals surface area contributed by atoms with Crippen LogP contribution in [0.25, 0.3) is 0 Å². The van der Waals surface area contributed by atoms with Crippen LogP contribution in [-0.2, 0) is 12.8 Å². The number of hydrogen-bond acceptors (Lipinski definition) is 1. The fourth-order valence-electron chi connectivity index (χ4n) is 1.92. The Hall–Kier alpha value is -1.74. The van der Waals surface area contributed by atoms with E-state index in [1.165, 1.54) is 18.2 Å². The Labute approximate surface area is 105 Å². The van der Waals surface area contributed by atoms with Crippen molar-refractivity contribution in [3.8, 4) is 0 Å². The van der Waals surface area contributed by atoms with Crippen LogP contribution < -0.4 is 0 Å². The van der Waals surface area contributed by atoms with Crippen LogP contribution in [0.15, 0.2) is 48.5 Å². The highest BCUT2D eigenvalue weighted by molar-refractivity contribution is 5.22. The van der Waals surface area contributed by atoms with Gasteiger partial charge in [-0.3, -0.25) is 0 Å². The van der Waals surface area contributed by atoms with E-state index >= 15 is 0 Å². The number of aliphatic hydroxyl groups excluding tert-OH is 1. The van der Waals surface area contributed by atoms with E-state index in [0.717, 1.165) is 5.56 Å². The van der Waals surface area contributed by atoms with Crippen LogP contribution in [-0.4, -0.2) is 11.2 Å². The smallest absolute Gasteiger partial charge is 0.129 e. The Morgan fingerprint density at radius 1 is 0.833 bits per heavy atom. The van der Waals surface area contributed by atoms with Crippen molar-refractivity contribution in [2.45, 2.75) is 18.9 Å². The molecule has 0 radical (unpaired) electrons. The third-order valence-corrected chi connectivity index (χ3v) is 2.82. The van der Waals surface area contributed by atoms with Crippen molar-refractivity contribution in [3.05, 3.63) is 71.3 Å². The maximum atomic E-state index is 13.4. The zero-order chi connectivity index (χ0) is 13.0. The molecule has 1 unspecified atom stereocenters. The molecule has 0 saturated heterocycles. The lowest BCUT2D eigenvalue weighted by Crippen LogP contribution is -2.15. The van der Waals surface area contributed by atoms with E-state index in [-0.39, 0.29) is 12.0 Å². The van der Waals surface area contributed by atoms with Gasteiger partial charge >= 0.3 is 0 Å². The quantitative estimate of drug-likeness (QED) is 0.881. The Bertz CT molecular complexity index is 491. The highest BCUT2D eigenvalue weighted by Gasteiger charge is 2.14. The highest BCUT2D eigenvalue weighted by Crippen LogP contribution is 2.16. The van der Waals surface area contributed by atoms with Crippen molar-refractivity contribution >= 4 is 0 Å². The number of hydrogen-bond donors (Lipinski definition) is 1. The topological polar surface area (TPSA) is 20.2 Å². The first-order chi connectivity index (χ1) is 8.66. The molecule has 2 rings (SSSR count). The zero-order valence-electron chi connectivity index (χ0n) is 9.81. The molecule has 94 valence electrons. The van der Waals surface area contributed by atoms with Gasteiger partial charge in [-0.05, 0) is 24.1 Å². The predicted octanol–water partition coefficient (Wildman–Crippen LogP) is 3.11. The van der Waals surface area contributed by atoms with Crippen LogP contribution in [0.4, 0.5) is 8.78 Å². The minimum Gasteiger partial charge on any atom is -0.392 e. The normalized spacial score (nSPS) is 12.4. The van der Waals surface area contributed by atoms with Gasteiger partial charge in [0.2, 0.25) is 0 Å². The van der Waals surface area contributed by atoms with Gasteiger partial charge in [0, 0.05) is 12.0 Å². The summed E-state index contributed by atoms with van der Waals surface area (Å²) in [5.74, 6) is -1.22. The van der Waals surface area contributed by atoms with Crippen LogP contribution in [0.5, 0.6) is 0 Å². The first kappa shape index (κ1) is 12.7. The van der Waals surface area contributed by atoms with Crippen molar-refractivity contribution in [3.63, 3.8) is 0 Å². The molecular weight excluding hydrogens is 234 g/mol. The summed E-state index contributed by atoms with van der Waals surface area (Å²) in [5.41, 5.74) is 0.891. The van der Waals surface area contributed by atoms with Gasteiger partial charge in [-0.25, -0.2) is 8.78 Å². The largest absolute Gasteiger partial charge is 0.392 e.